The van der Waals surface area contributed by atoms with E-state index in [1.54, 1.807) is 24.3 Å². The molecule has 4 nitrogen and oxygen atoms in total. The topological polar surface area (TPSA) is 61.2 Å². The highest BCUT2D eigenvalue weighted by molar-refractivity contribution is 6.21. The molecule has 1 fully saturated rings. The maximum Gasteiger partial charge on any atom is 0.262 e. The number of benzene rings is 1. The lowest BCUT2D eigenvalue weighted by Crippen LogP contribution is -2.40. The number of amides is 2. The van der Waals surface area contributed by atoms with E-state index in [0.29, 0.717) is 11.1 Å². The molecule has 1 atom stereocenters. The van der Waals surface area contributed by atoms with E-state index in [-0.39, 0.29) is 17.7 Å². The average Bonchev–Trinajstić information content (AvgIpc) is 3.15. The van der Waals surface area contributed by atoms with Crippen LogP contribution in [0.25, 0.3) is 0 Å². The normalized spacial score (nSPS) is 20.1. The zero-order valence-electron chi connectivity index (χ0n) is 9.09. The Bertz CT molecular complexity index is 520. The second-order valence-electron chi connectivity index (χ2n) is 4.44. The number of carbonyl (C=O) groups excluding carboxylic acids is 2. The summed E-state index contributed by atoms with van der Waals surface area (Å²) in [5.41, 5.74) is 0.830. The average molecular weight is 226 g/mol. The molecule has 1 aromatic carbocycles. The maximum atomic E-state index is 12.1. The predicted molar refractivity (Wildman–Crippen MR) is 59.1 cm³/mol. The molecule has 1 heterocycles. The minimum atomic E-state index is -0.595. The van der Waals surface area contributed by atoms with E-state index in [2.05, 4.69) is 6.07 Å². The molecule has 2 amide bonds. The molecule has 17 heavy (non-hydrogen) atoms. The summed E-state index contributed by atoms with van der Waals surface area (Å²) in [5.74, 6) is -0.490. The lowest BCUT2D eigenvalue weighted by Gasteiger charge is -2.19. The summed E-state index contributed by atoms with van der Waals surface area (Å²) in [7, 11) is 0. The first-order valence-corrected chi connectivity index (χ1v) is 5.60. The third-order valence-corrected chi connectivity index (χ3v) is 3.30. The van der Waals surface area contributed by atoms with Crippen LogP contribution < -0.4 is 0 Å². The van der Waals surface area contributed by atoms with Gasteiger partial charge in [0.25, 0.3) is 11.8 Å². The number of nitrogens with zero attached hydrogens (tertiary/aromatic N) is 2. The van der Waals surface area contributed by atoms with Gasteiger partial charge in [-0.15, -0.1) is 0 Å². The molecule has 0 N–H and O–H groups in total. The molecular weight excluding hydrogens is 216 g/mol. The number of hydrogen-bond acceptors (Lipinski definition) is 3. The van der Waals surface area contributed by atoms with Crippen molar-refractivity contribution in [2.45, 2.75) is 18.9 Å². The molecule has 1 saturated carbocycles. The molecule has 3 rings (SSSR count). The number of imide groups is 1. The quantitative estimate of drug-likeness (QED) is 0.719. The summed E-state index contributed by atoms with van der Waals surface area (Å²) in [5, 5.41) is 9.12. The molecule has 84 valence electrons. The SMILES string of the molecule is N#CC(C1CC1)N1C(=O)c2ccccc2C1=O. The molecule has 1 aliphatic carbocycles. The molecule has 0 bridgehead atoms. The number of fused-ring (bicyclic) bond motifs is 1. The van der Waals surface area contributed by atoms with E-state index in [1.165, 1.54) is 0 Å². The molecular formula is C13H10N2O2. The van der Waals surface area contributed by atoms with Crippen LogP contribution in [0.3, 0.4) is 0 Å². The standard InChI is InChI=1S/C13H10N2O2/c14-7-11(8-5-6-8)15-12(16)9-3-1-2-4-10(9)13(15)17/h1-4,8,11H,5-6H2. The van der Waals surface area contributed by atoms with Crippen molar-refractivity contribution in [3.05, 3.63) is 35.4 Å². The second-order valence-corrected chi connectivity index (χ2v) is 4.44. The third kappa shape index (κ3) is 1.36. The van der Waals surface area contributed by atoms with Crippen molar-refractivity contribution in [3.63, 3.8) is 0 Å². The minimum absolute atomic E-state index is 0.169. The molecule has 1 unspecified atom stereocenters. The van der Waals surface area contributed by atoms with Gasteiger partial charge in [0, 0.05) is 0 Å². The van der Waals surface area contributed by atoms with Gasteiger partial charge in [-0.25, -0.2) is 0 Å². The molecule has 1 aliphatic heterocycles. The summed E-state index contributed by atoms with van der Waals surface area (Å²) in [6, 6.07) is 8.22. The summed E-state index contributed by atoms with van der Waals surface area (Å²) >= 11 is 0. The third-order valence-electron chi connectivity index (χ3n) is 3.30. The fourth-order valence-electron chi connectivity index (χ4n) is 2.25. The number of rotatable bonds is 2. The highest BCUT2D eigenvalue weighted by atomic mass is 16.2. The molecule has 0 saturated heterocycles. The Balaban J connectivity index is 2.03. The maximum absolute atomic E-state index is 12.1. The first-order valence-electron chi connectivity index (χ1n) is 5.60. The van der Waals surface area contributed by atoms with Gasteiger partial charge >= 0.3 is 0 Å². The molecule has 2 aliphatic rings. The monoisotopic (exact) mass is 226 g/mol. The van der Waals surface area contributed by atoms with E-state index in [1.807, 2.05) is 0 Å². The van der Waals surface area contributed by atoms with Gasteiger partial charge in [-0.2, -0.15) is 5.26 Å². The van der Waals surface area contributed by atoms with Crippen LogP contribution in [0.2, 0.25) is 0 Å². The zero-order valence-corrected chi connectivity index (χ0v) is 9.09. The van der Waals surface area contributed by atoms with Crippen LogP contribution in [0.4, 0.5) is 0 Å². The van der Waals surface area contributed by atoms with Gasteiger partial charge < -0.3 is 0 Å². The van der Waals surface area contributed by atoms with Gasteiger partial charge in [-0.3, -0.25) is 14.5 Å². The van der Waals surface area contributed by atoms with E-state index in [0.717, 1.165) is 17.7 Å². The van der Waals surface area contributed by atoms with Crippen LogP contribution in [0.1, 0.15) is 33.6 Å². The minimum Gasteiger partial charge on any atom is -0.269 e. The van der Waals surface area contributed by atoms with Crippen LogP contribution >= 0.6 is 0 Å². The van der Waals surface area contributed by atoms with Gasteiger partial charge in [0.1, 0.15) is 6.04 Å². The van der Waals surface area contributed by atoms with Gasteiger partial charge in [0.2, 0.25) is 0 Å². The number of hydrogen-bond donors (Lipinski definition) is 0. The van der Waals surface area contributed by atoms with Gasteiger partial charge in [-0.1, -0.05) is 12.1 Å². The number of nitriles is 1. The van der Waals surface area contributed by atoms with Crippen molar-refractivity contribution in [1.29, 1.82) is 5.26 Å². The van der Waals surface area contributed by atoms with Crippen molar-refractivity contribution in [1.82, 2.24) is 4.90 Å². The predicted octanol–water partition coefficient (Wildman–Crippen LogP) is 1.58. The van der Waals surface area contributed by atoms with Gasteiger partial charge in [0.15, 0.2) is 0 Å². The molecule has 4 heteroatoms. The van der Waals surface area contributed by atoms with E-state index >= 15 is 0 Å². The van der Waals surface area contributed by atoms with Crippen molar-refractivity contribution in [2.24, 2.45) is 5.92 Å². The fourth-order valence-corrected chi connectivity index (χ4v) is 2.25. The summed E-state index contributed by atoms with van der Waals surface area (Å²) < 4.78 is 0. The smallest absolute Gasteiger partial charge is 0.262 e. The Morgan fingerprint density at radius 1 is 1.18 bits per heavy atom. The van der Waals surface area contributed by atoms with E-state index < -0.39 is 6.04 Å². The Kier molecular flexibility index (Phi) is 2.02. The van der Waals surface area contributed by atoms with Crippen LogP contribution in [-0.2, 0) is 0 Å². The van der Waals surface area contributed by atoms with Gasteiger partial charge in [-0.05, 0) is 30.9 Å². The largest absolute Gasteiger partial charge is 0.269 e. The van der Waals surface area contributed by atoms with Crippen molar-refractivity contribution in [3.8, 4) is 6.07 Å². The molecule has 0 radical (unpaired) electrons. The fraction of sp³-hybridized carbons (Fsp3) is 0.308. The van der Waals surface area contributed by atoms with Crippen molar-refractivity contribution in [2.75, 3.05) is 0 Å². The second kappa shape index (κ2) is 3.42. The first-order chi connectivity index (χ1) is 8.24. The Morgan fingerprint density at radius 2 is 1.71 bits per heavy atom. The van der Waals surface area contributed by atoms with Crippen LogP contribution in [0.15, 0.2) is 24.3 Å². The van der Waals surface area contributed by atoms with Gasteiger partial charge in [0.05, 0.1) is 17.2 Å². The Morgan fingerprint density at radius 3 is 2.12 bits per heavy atom. The highest BCUT2D eigenvalue weighted by Gasteiger charge is 2.45. The highest BCUT2D eigenvalue weighted by Crippen LogP contribution is 2.38. The Hall–Kier alpha value is -2.15. The lowest BCUT2D eigenvalue weighted by atomic mass is 10.1. The molecule has 0 aromatic heterocycles. The van der Waals surface area contributed by atoms with E-state index in [4.69, 9.17) is 5.26 Å². The van der Waals surface area contributed by atoms with Crippen LogP contribution in [0.5, 0.6) is 0 Å². The number of carbonyl (C=O) groups is 2. The first kappa shape index (κ1) is 10.0. The molecule has 0 spiro atoms. The van der Waals surface area contributed by atoms with Crippen LogP contribution in [0, 0.1) is 17.2 Å². The lowest BCUT2D eigenvalue weighted by molar-refractivity contribution is 0.0605. The summed E-state index contributed by atoms with van der Waals surface area (Å²) in [6.45, 7) is 0. The van der Waals surface area contributed by atoms with Crippen LogP contribution in [-0.4, -0.2) is 22.8 Å². The summed E-state index contributed by atoms with van der Waals surface area (Å²) in [4.78, 5) is 25.3. The molecule has 1 aromatic rings. The van der Waals surface area contributed by atoms with Crippen molar-refractivity contribution < 1.29 is 9.59 Å². The van der Waals surface area contributed by atoms with E-state index in [9.17, 15) is 9.59 Å². The van der Waals surface area contributed by atoms with Crippen molar-refractivity contribution >= 4 is 11.8 Å². The Labute approximate surface area is 98.4 Å². The zero-order chi connectivity index (χ0) is 12.0. The summed E-state index contributed by atoms with van der Waals surface area (Å²) in [6.07, 6.45) is 1.84.